The van der Waals surface area contributed by atoms with Gasteiger partial charge in [0.25, 0.3) is 0 Å². The van der Waals surface area contributed by atoms with Crippen molar-refractivity contribution in [1.29, 1.82) is 0 Å². The number of rotatable bonds is 10. The highest BCUT2D eigenvalue weighted by Gasteiger charge is 2.24. The maximum Gasteiger partial charge on any atom is 0.224 e. The van der Waals surface area contributed by atoms with Gasteiger partial charge in [0.1, 0.15) is 11.6 Å². The molecule has 7 heteroatoms. The SMILES string of the molecule is COc1cccc2c3c([nH]c12)C(NCCCNc1ccnc(NCC(C)C)n1)CCC3. The third kappa shape index (κ3) is 5.10. The first-order valence-corrected chi connectivity index (χ1v) is 11.4. The van der Waals surface area contributed by atoms with Crippen LogP contribution in [-0.4, -0.2) is 41.7 Å². The number of nitrogens with zero attached hydrogens (tertiary/aromatic N) is 2. The van der Waals surface area contributed by atoms with Crippen molar-refractivity contribution >= 4 is 22.7 Å². The number of anilines is 2. The number of aromatic nitrogens is 3. The summed E-state index contributed by atoms with van der Waals surface area (Å²) < 4.78 is 5.56. The molecule has 1 aliphatic carbocycles. The second kappa shape index (κ2) is 10.0. The van der Waals surface area contributed by atoms with Crippen LogP contribution in [0.25, 0.3) is 10.9 Å². The van der Waals surface area contributed by atoms with E-state index in [0.717, 1.165) is 56.0 Å². The topological polar surface area (TPSA) is 86.9 Å². The average Bonchev–Trinajstić information content (AvgIpc) is 3.17. The smallest absolute Gasteiger partial charge is 0.224 e. The van der Waals surface area contributed by atoms with Crippen LogP contribution in [0.4, 0.5) is 11.8 Å². The summed E-state index contributed by atoms with van der Waals surface area (Å²) in [7, 11) is 1.73. The van der Waals surface area contributed by atoms with Gasteiger partial charge in [-0.05, 0) is 55.8 Å². The van der Waals surface area contributed by atoms with Crippen LogP contribution >= 0.6 is 0 Å². The molecular formula is C24H34N6O. The number of nitrogens with one attached hydrogen (secondary N) is 4. The lowest BCUT2D eigenvalue weighted by Crippen LogP contribution is -2.27. The van der Waals surface area contributed by atoms with Gasteiger partial charge < -0.3 is 25.7 Å². The highest BCUT2D eigenvalue weighted by molar-refractivity contribution is 5.90. The van der Waals surface area contributed by atoms with E-state index in [0.29, 0.717) is 17.9 Å². The van der Waals surface area contributed by atoms with E-state index in [-0.39, 0.29) is 0 Å². The molecule has 2 heterocycles. The van der Waals surface area contributed by atoms with Gasteiger partial charge in [0.2, 0.25) is 5.95 Å². The maximum atomic E-state index is 5.56. The second-order valence-electron chi connectivity index (χ2n) is 8.62. The highest BCUT2D eigenvalue weighted by Crippen LogP contribution is 2.37. The zero-order chi connectivity index (χ0) is 21.6. The Bertz CT molecular complexity index is 999. The molecular weight excluding hydrogens is 388 g/mol. The van der Waals surface area contributed by atoms with Crippen molar-refractivity contribution in [2.24, 2.45) is 5.92 Å². The number of hydrogen-bond donors (Lipinski definition) is 4. The minimum atomic E-state index is 0.367. The zero-order valence-electron chi connectivity index (χ0n) is 18.8. The number of ether oxygens (including phenoxy) is 1. The van der Waals surface area contributed by atoms with Gasteiger partial charge in [-0.2, -0.15) is 4.98 Å². The summed E-state index contributed by atoms with van der Waals surface area (Å²) in [4.78, 5) is 12.5. The average molecular weight is 423 g/mol. The predicted molar refractivity (Wildman–Crippen MR) is 127 cm³/mol. The van der Waals surface area contributed by atoms with Gasteiger partial charge in [-0.15, -0.1) is 0 Å². The molecule has 0 bridgehead atoms. The van der Waals surface area contributed by atoms with E-state index in [4.69, 9.17) is 4.74 Å². The van der Waals surface area contributed by atoms with Crippen LogP contribution in [0.5, 0.6) is 5.75 Å². The van der Waals surface area contributed by atoms with E-state index in [1.54, 1.807) is 13.3 Å². The van der Waals surface area contributed by atoms with E-state index in [1.807, 2.05) is 12.1 Å². The molecule has 3 aromatic rings. The van der Waals surface area contributed by atoms with Gasteiger partial charge in [0.15, 0.2) is 0 Å². The number of hydrogen-bond acceptors (Lipinski definition) is 6. The minimum Gasteiger partial charge on any atom is -0.495 e. The fourth-order valence-electron chi connectivity index (χ4n) is 4.25. The quantitative estimate of drug-likeness (QED) is 0.360. The zero-order valence-corrected chi connectivity index (χ0v) is 18.8. The number of benzene rings is 1. The molecule has 166 valence electrons. The number of fused-ring (bicyclic) bond motifs is 3. The fourth-order valence-corrected chi connectivity index (χ4v) is 4.25. The lowest BCUT2D eigenvalue weighted by molar-refractivity contribution is 0.418. The molecule has 0 fully saturated rings. The van der Waals surface area contributed by atoms with Gasteiger partial charge in [-0.1, -0.05) is 26.0 Å². The van der Waals surface area contributed by atoms with Crippen molar-refractivity contribution in [1.82, 2.24) is 20.3 Å². The van der Waals surface area contributed by atoms with Crippen LogP contribution in [0.2, 0.25) is 0 Å². The van der Waals surface area contributed by atoms with Crippen LogP contribution in [0.1, 0.15) is 50.4 Å². The summed E-state index contributed by atoms with van der Waals surface area (Å²) in [6, 6.07) is 8.58. The van der Waals surface area contributed by atoms with Crippen molar-refractivity contribution in [3.05, 3.63) is 41.7 Å². The lowest BCUT2D eigenvalue weighted by Gasteiger charge is -2.24. The van der Waals surface area contributed by atoms with E-state index in [9.17, 15) is 0 Å². The first-order chi connectivity index (χ1) is 15.2. The molecule has 0 radical (unpaired) electrons. The fraction of sp³-hybridized carbons (Fsp3) is 0.500. The Morgan fingerprint density at radius 2 is 2.10 bits per heavy atom. The molecule has 1 aliphatic rings. The Morgan fingerprint density at radius 1 is 1.19 bits per heavy atom. The third-order valence-electron chi connectivity index (χ3n) is 5.80. The second-order valence-corrected chi connectivity index (χ2v) is 8.62. The summed E-state index contributed by atoms with van der Waals surface area (Å²) in [5.41, 5.74) is 3.89. The number of H-pyrrole nitrogens is 1. The normalized spacial score (nSPS) is 15.8. The van der Waals surface area contributed by atoms with E-state index in [2.05, 4.69) is 56.9 Å². The van der Waals surface area contributed by atoms with Crippen molar-refractivity contribution < 1.29 is 4.74 Å². The maximum absolute atomic E-state index is 5.56. The van der Waals surface area contributed by atoms with Crippen LogP contribution in [-0.2, 0) is 6.42 Å². The molecule has 7 nitrogen and oxygen atoms in total. The van der Waals surface area contributed by atoms with Gasteiger partial charge >= 0.3 is 0 Å². The van der Waals surface area contributed by atoms with Crippen molar-refractivity contribution in [2.45, 2.75) is 45.6 Å². The molecule has 1 aromatic carbocycles. The molecule has 0 amide bonds. The standard InChI is InChI=1S/C24H34N6O/c1-16(2)15-28-24-27-14-11-21(29-24)26-13-6-12-25-19-9-4-7-17-18-8-5-10-20(31-3)23(18)30-22(17)19/h5,8,10-11,14,16,19,25,30H,4,6-7,9,12-13,15H2,1-3H3,(H2,26,27,28,29). The number of aromatic amines is 1. The Labute approximate surface area is 184 Å². The molecule has 4 N–H and O–H groups in total. The van der Waals surface area contributed by atoms with Gasteiger partial charge in [0.05, 0.1) is 12.6 Å². The Hall–Kier alpha value is -2.80. The summed E-state index contributed by atoms with van der Waals surface area (Å²) in [6.07, 6.45) is 6.31. The van der Waals surface area contributed by atoms with Crippen molar-refractivity contribution in [3.8, 4) is 5.75 Å². The largest absolute Gasteiger partial charge is 0.495 e. The highest BCUT2D eigenvalue weighted by atomic mass is 16.5. The van der Waals surface area contributed by atoms with E-state index in [1.165, 1.54) is 23.1 Å². The molecule has 31 heavy (non-hydrogen) atoms. The number of methoxy groups -OCH3 is 1. The summed E-state index contributed by atoms with van der Waals surface area (Å²) >= 11 is 0. The summed E-state index contributed by atoms with van der Waals surface area (Å²) in [5, 5.41) is 11.7. The monoisotopic (exact) mass is 422 g/mol. The Kier molecular flexibility index (Phi) is 6.92. The number of aryl methyl sites for hydroxylation is 1. The third-order valence-corrected chi connectivity index (χ3v) is 5.80. The summed E-state index contributed by atoms with van der Waals surface area (Å²) in [6.45, 7) is 7.03. The van der Waals surface area contributed by atoms with Crippen molar-refractivity contribution in [2.75, 3.05) is 37.4 Å². The van der Waals surface area contributed by atoms with Crippen molar-refractivity contribution in [3.63, 3.8) is 0 Å². The van der Waals surface area contributed by atoms with Gasteiger partial charge in [0, 0.05) is 36.4 Å². The molecule has 4 rings (SSSR count). The first kappa shape index (κ1) is 21.4. The Morgan fingerprint density at radius 3 is 2.94 bits per heavy atom. The molecule has 0 saturated heterocycles. The Balaban J connectivity index is 1.29. The van der Waals surface area contributed by atoms with Crippen LogP contribution in [0.3, 0.4) is 0 Å². The van der Waals surface area contributed by atoms with Gasteiger partial charge in [-0.25, -0.2) is 4.98 Å². The van der Waals surface area contributed by atoms with E-state index < -0.39 is 0 Å². The minimum absolute atomic E-state index is 0.367. The first-order valence-electron chi connectivity index (χ1n) is 11.4. The predicted octanol–water partition coefficient (Wildman–Crippen LogP) is 4.50. The van der Waals surface area contributed by atoms with Gasteiger partial charge in [-0.3, -0.25) is 0 Å². The molecule has 1 atom stereocenters. The summed E-state index contributed by atoms with van der Waals surface area (Å²) in [5.74, 6) is 3.02. The molecule has 2 aromatic heterocycles. The molecule has 0 aliphatic heterocycles. The molecule has 1 unspecified atom stereocenters. The molecule has 0 spiro atoms. The van der Waals surface area contributed by atoms with Crippen LogP contribution in [0.15, 0.2) is 30.5 Å². The van der Waals surface area contributed by atoms with Crippen LogP contribution < -0.4 is 20.7 Å². The number of para-hydroxylation sites is 1. The van der Waals surface area contributed by atoms with Crippen LogP contribution in [0, 0.1) is 5.92 Å². The lowest BCUT2D eigenvalue weighted by atomic mass is 9.91. The molecule has 0 saturated carbocycles. The van der Waals surface area contributed by atoms with E-state index >= 15 is 0 Å².